The first-order chi connectivity index (χ1) is 10.7. The number of likely N-dealkylation sites (tertiary alicyclic amines) is 1. The summed E-state index contributed by atoms with van der Waals surface area (Å²) >= 11 is 0. The molecule has 1 unspecified atom stereocenters. The molecule has 1 saturated heterocycles. The van der Waals surface area contributed by atoms with Crippen LogP contribution in [0, 0.1) is 0 Å². The summed E-state index contributed by atoms with van der Waals surface area (Å²) in [6, 6.07) is 8.51. The predicted molar refractivity (Wildman–Crippen MR) is 92.7 cm³/mol. The molecule has 3 nitrogen and oxygen atoms in total. The number of pyridine rings is 1. The van der Waals surface area contributed by atoms with Gasteiger partial charge in [-0.05, 0) is 67.4 Å². The van der Waals surface area contributed by atoms with Gasteiger partial charge >= 0.3 is 0 Å². The third-order valence-corrected chi connectivity index (χ3v) is 4.88. The molecule has 22 heavy (non-hydrogen) atoms. The molecule has 3 rings (SSSR count). The maximum absolute atomic E-state index is 11.9. The van der Waals surface area contributed by atoms with E-state index in [4.69, 9.17) is 0 Å². The lowest BCUT2D eigenvalue weighted by atomic mass is 9.97. The van der Waals surface area contributed by atoms with Crippen LogP contribution in [0.5, 0.6) is 0 Å². The van der Waals surface area contributed by atoms with Gasteiger partial charge in [0.25, 0.3) is 5.56 Å². The summed E-state index contributed by atoms with van der Waals surface area (Å²) in [6.45, 7) is 7.95. The average Bonchev–Trinajstić information content (AvgIpc) is 2.54. The van der Waals surface area contributed by atoms with Crippen LogP contribution in [0.15, 0.2) is 29.1 Å². The zero-order chi connectivity index (χ0) is 15.5. The number of hydrogen-bond donors (Lipinski definition) is 1. The van der Waals surface area contributed by atoms with Crippen molar-refractivity contribution in [2.75, 3.05) is 19.6 Å². The summed E-state index contributed by atoms with van der Waals surface area (Å²) in [5.74, 6) is 0.527. The molecule has 2 heterocycles. The van der Waals surface area contributed by atoms with Crippen LogP contribution in [0.25, 0.3) is 10.9 Å². The Morgan fingerprint density at radius 3 is 2.68 bits per heavy atom. The summed E-state index contributed by atoms with van der Waals surface area (Å²) in [4.78, 5) is 17.5. The second-order valence-electron chi connectivity index (χ2n) is 6.59. The summed E-state index contributed by atoms with van der Waals surface area (Å²) in [5.41, 5.74) is 3.22. The highest BCUT2D eigenvalue weighted by molar-refractivity contribution is 5.79. The fraction of sp³-hybridized carbons (Fsp3) is 0.526. The molecule has 0 saturated carbocycles. The zero-order valence-electron chi connectivity index (χ0n) is 13.7. The first kappa shape index (κ1) is 15.3. The number of hydrogen-bond acceptors (Lipinski definition) is 2. The van der Waals surface area contributed by atoms with E-state index >= 15 is 0 Å². The first-order valence-corrected chi connectivity index (χ1v) is 8.55. The number of nitrogens with zero attached hydrogens (tertiary/aromatic N) is 1. The smallest absolute Gasteiger partial charge is 0.251 e. The first-order valence-electron chi connectivity index (χ1n) is 8.55. The molecular formula is C19H26N2O. The highest BCUT2D eigenvalue weighted by Gasteiger charge is 2.15. The molecule has 1 aromatic carbocycles. The Hall–Kier alpha value is -1.61. The quantitative estimate of drug-likeness (QED) is 0.934. The molecule has 118 valence electrons. The maximum Gasteiger partial charge on any atom is 0.251 e. The Kier molecular flexibility index (Phi) is 4.63. The van der Waals surface area contributed by atoms with E-state index < -0.39 is 0 Å². The molecule has 3 heteroatoms. The van der Waals surface area contributed by atoms with Gasteiger partial charge in [0.2, 0.25) is 0 Å². The van der Waals surface area contributed by atoms with Crippen LogP contribution in [0.4, 0.5) is 0 Å². The molecule has 1 atom stereocenters. The van der Waals surface area contributed by atoms with Crippen molar-refractivity contribution in [3.8, 4) is 0 Å². The minimum Gasteiger partial charge on any atom is -0.322 e. The van der Waals surface area contributed by atoms with Crippen LogP contribution in [-0.2, 0) is 6.42 Å². The van der Waals surface area contributed by atoms with Gasteiger partial charge in [0.1, 0.15) is 0 Å². The summed E-state index contributed by atoms with van der Waals surface area (Å²) in [6.07, 6.45) is 4.84. The van der Waals surface area contributed by atoms with E-state index in [9.17, 15) is 4.79 Å². The van der Waals surface area contributed by atoms with Crippen molar-refractivity contribution in [3.63, 3.8) is 0 Å². The predicted octanol–water partition coefficient (Wildman–Crippen LogP) is 3.68. The molecule has 1 aliphatic heterocycles. The van der Waals surface area contributed by atoms with E-state index in [-0.39, 0.29) is 5.56 Å². The van der Waals surface area contributed by atoms with E-state index in [1.165, 1.54) is 37.9 Å². The van der Waals surface area contributed by atoms with Crippen molar-refractivity contribution in [1.29, 1.82) is 0 Å². The van der Waals surface area contributed by atoms with Crippen molar-refractivity contribution in [2.45, 2.75) is 45.4 Å². The lowest BCUT2D eigenvalue weighted by Crippen LogP contribution is -2.32. The minimum atomic E-state index is 0.0455. The number of benzene rings is 1. The number of piperidine rings is 1. The number of H-pyrrole nitrogens is 1. The van der Waals surface area contributed by atoms with E-state index in [1.807, 2.05) is 13.0 Å². The second kappa shape index (κ2) is 6.66. The Morgan fingerprint density at radius 1 is 1.18 bits per heavy atom. The van der Waals surface area contributed by atoms with Crippen LogP contribution in [-0.4, -0.2) is 29.5 Å². The lowest BCUT2D eigenvalue weighted by molar-refractivity contribution is 0.219. The van der Waals surface area contributed by atoms with Gasteiger partial charge in [0.15, 0.2) is 0 Å². The molecule has 1 aromatic heterocycles. The van der Waals surface area contributed by atoms with Crippen molar-refractivity contribution >= 4 is 10.9 Å². The Balaban J connectivity index is 1.83. The van der Waals surface area contributed by atoms with Crippen molar-refractivity contribution in [2.24, 2.45) is 0 Å². The molecular weight excluding hydrogens is 272 g/mol. The molecule has 0 aliphatic carbocycles. The van der Waals surface area contributed by atoms with E-state index in [0.717, 1.165) is 29.4 Å². The van der Waals surface area contributed by atoms with Crippen molar-refractivity contribution in [3.05, 3.63) is 45.7 Å². The average molecular weight is 298 g/mol. The number of aromatic amines is 1. The van der Waals surface area contributed by atoms with Crippen LogP contribution in [0.2, 0.25) is 0 Å². The Morgan fingerprint density at radius 2 is 1.95 bits per heavy atom. The third kappa shape index (κ3) is 3.25. The Labute approximate surface area is 132 Å². The zero-order valence-corrected chi connectivity index (χ0v) is 13.7. The van der Waals surface area contributed by atoms with Gasteiger partial charge in [0.05, 0.1) is 0 Å². The fourth-order valence-corrected chi connectivity index (χ4v) is 3.47. The third-order valence-electron chi connectivity index (χ3n) is 4.88. The molecule has 2 aromatic rings. The van der Waals surface area contributed by atoms with Crippen molar-refractivity contribution < 1.29 is 0 Å². The monoisotopic (exact) mass is 298 g/mol. The van der Waals surface area contributed by atoms with E-state index in [0.29, 0.717) is 5.92 Å². The van der Waals surface area contributed by atoms with Gasteiger partial charge in [-0.25, -0.2) is 0 Å². The number of nitrogens with one attached hydrogen (secondary N) is 1. The number of rotatable bonds is 4. The summed E-state index contributed by atoms with van der Waals surface area (Å²) < 4.78 is 0. The molecule has 1 fully saturated rings. The maximum atomic E-state index is 11.9. The van der Waals surface area contributed by atoms with Gasteiger partial charge in [-0.2, -0.15) is 0 Å². The lowest BCUT2D eigenvalue weighted by Gasteiger charge is -2.29. The van der Waals surface area contributed by atoms with Gasteiger partial charge < -0.3 is 9.88 Å². The minimum absolute atomic E-state index is 0.0455. The molecule has 1 aliphatic rings. The van der Waals surface area contributed by atoms with Gasteiger partial charge in [-0.1, -0.05) is 26.3 Å². The SMILES string of the molecule is CCc1cc2cc(C(C)CN3CCCCC3)ccc2[nH]c1=O. The van der Waals surface area contributed by atoms with E-state index in [1.54, 1.807) is 0 Å². The van der Waals surface area contributed by atoms with Crippen LogP contribution in [0.3, 0.4) is 0 Å². The standard InChI is InChI=1S/C19H26N2O/c1-3-15-11-17-12-16(7-8-18(17)20-19(15)22)14(2)13-21-9-5-4-6-10-21/h7-8,11-12,14H,3-6,9-10,13H2,1-2H3,(H,20,22). The van der Waals surface area contributed by atoms with Crippen molar-refractivity contribution in [1.82, 2.24) is 9.88 Å². The number of aromatic nitrogens is 1. The fourth-order valence-electron chi connectivity index (χ4n) is 3.47. The van der Waals surface area contributed by atoms with Gasteiger partial charge in [-0.15, -0.1) is 0 Å². The van der Waals surface area contributed by atoms with Crippen LogP contribution < -0.4 is 5.56 Å². The largest absolute Gasteiger partial charge is 0.322 e. The van der Waals surface area contributed by atoms with Gasteiger partial charge in [-0.3, -0.25) is 4.79 Å². The topological polar surface area (TPSA) is 36.1 Å². The molecule has 1 N–H and O–H groups in total. The second-order valence-corrected chi connectivity index (χ2v) is 6.59. The molecule has 0 bridgehead atoms. The molecule has 0 amide bonds. The molecule has 0 spiro atoms. The molecule has 0 radical (unpaired) electrons. The number of fused-ring (bicyclic) bond motifs is 1. The highest BCUT2D eigenvalue weighted by Crippen LogP contribution is 2.23. The Bertz CT molecular complexity index is 698. The summed E-state index contributed by atoms with van der Waals surface area (Å²) in [5, 5.41) is 1.15. The van der Waals surface area contributed by atoms with Crippen LogP contribution in [0.1, 0.15) is 50.2 Å². The number of aryl methyl sites for hydroxylation is 1. The highest BCUT2D eigenvalue weighted by atomic mass is 16.1. The normalized spacial score (nSPS) is 17.7. The summed E-state index contributed by atoms with van der Waals surface area (Å²) in [7, 11) is 0. The van der Waals surface area contributed by atoms with Crippen LogP contribution >= 0.6 is 0 Å². The van der Waals surface area contributed by atoms with E-state index in [2.05, 4.69) is 35.0 Å². The van der Waals surface area contributed by atoms with Gasteiger partial charge in [0, 0.05) is 17.6 Å².